The molecule has 0 bridgehead atoms. The third-order valence-electron chi connectivity index (χ3n) is 4.44. The van der Waals surface area contributed by atoms with Crippen molar-refractivity contribution in [2.24, 2.45) is 0 Å². The third-order valence-corrected chi connectivity index (χ3v) is 4.44. The summed E-state index contributed by atoms with van der Waals surface area (Å²) in [7, 11) is 0. The Hall–Kier alpha value is -1.75. The summed E-state index contributed by atoms with van der Waals surface area (Å²) in [4.78, 5) is 12.5. The van der Waals surface area contributed by atoms with E-state index in [1.807, 2.05) is 38.1 Å². The van der Waals surface area contributed by atoms with Crippen molar-refractivity contribution >= 4 is 5.91 Å². The number of hydrogen-bond donors (Lipinski definition) is 1. The number of benzene rings is 1. The summed E-state index contributed by atoms with van der Waals surface area (Å²) in [5.41, 5.74) is 0. The van der Waals surface area contributed by atoms with Crippen molar-refractivity contribution in [2.45, 2.75) is 63.9 Å². The molecule has 126 valence electrons. The molecule has 4 atom stereocenters. The van der Waals surface area contributed by atoms with Gasteiger partial charge >= 0.3 is 0 Å². The summed E-state index contributed by atoms with van der Waals surface area (Å²) < 4.78 is 17.2. The van der Waals surface area contributed by atoms with E-state index in [1.54, 1.807) is 0 Å². The van der Waals surface area contributed by atoms with Gasteiger partial charge in [0.15, 0.2) is 11.5 Å². The zero-order chi connectivity index (χ0) is 16.2. The van der Waals surface area contributed by atoms with Crippen LogP contribution in [0.1, 0.15) is 39.5 Å². The molecule has 3 rings (SSSR count). The van der Waals surface area contributed by atoms with E-state index < -0.39 is 6.10 Å². The van der Waals surface area contributed by atoms with Gasteiger partial charge in [0.05, 0.1) is 6.10 Å². The minimum Gasteiger partial charge on any atom is -0.482 e. The molecule has 0 saturated carbocycles. The van der Waals surface area contributed by atoms with Crippen LogP contribution in [0.25, 0.3) is 0 Å². The molecule has 23 heavy (non-hydrogen) atoms. The van der Waals surface area contributed by atoms with Gasteiger partial charge in [-0.1, -0.05) is 12.1 Å². The topological polar surface area (TPSA) is 56.8 Å². The zero-order valence-electron chi connectivity index (χ0n) is 13.8. The molecule has 0 aliphatic carbocycles. The minimum absolute atomic E-state index is 0.0969. The first-order chi connectivity index (χ1) is 11.1. The number of hydrogen-bond acceptors (Lipinski definition) is 4. The van der Waals surface area contributed by atoms with Gasteiger partial charge in [0, 0.05) is 12.6 Å². The van der Waals surface area contributed by atoms with Crippen LogP contribution >= 0.6 is 0 Å². The van der Waals surface area contributed by atoms with E-state index >= 15 is 0 Å². The van der Waals surface area contributed by atoms with Crippen LogP contribution in [-0.2, 0) is 9.53 Å². The van der Waals surface area contributed by atoms with Gasteiger partial charge in [-0.15, -0.1) is 0 Å². The Morgan fingerprint density at radius 3 is 2.74 bits per heavy atom. The highest BCUT2D eigenvalue weighted by molar-refractivity contribution is 5.82. The fourth-order valence-corrected chi connectivity index (χ4v) is 3.11. The molecular weight excluding hydrogens is 294 g/mol. The molecule has 0 spiro atoms. The highest BCUT2D eigenvalue weighted by Gasteiger charge is 2.34. The van der Waals surface area contributed by atoms with Gasteiger partial charge in [-0.2, -0.15) is 0 Å². The van der Waals surface area contributed by atoms with Crippen molar-refractivity contribution in [3.05, 3.63) is 24.3 Å². The van der Waals surface area contributed by atoms with Gasteiger partial charge in [0.2, 0.25) is 6.10 Å². The maximum Gasteiger partial charge on any atom is 0.265 e. The second-order valence-electron chi connectivity index (χ2n) is 6.43. The SMILES string of the molecule is C[C@H](CC[C@@H]1CCCO1)NC(=O)[C@H]1Oc2ccccc2O[C@@H]1C. The second-order valence-corrected chi connectivity index (χ2v) is 6.43. The van der Waals surface area contributed by atoms with E-state index in [0.29, 0.717) is 17.6 Å². The normalized spacial score (nSPS) is 27.5. The summed E-state index contributed by atoms with van der Waals surface area (Å²) in [6, 6.07) is 7.53. The number of rotatable bonds is 5. The first-order valence-corrected chi connectivity index (χ1v) is 8.48. The average molecular weight is 319 g/mol. The summed E-state index contributed by atoms with van der Waals surface area (Å²) in [6.07, 6.45) is 3.61. The lowest BCUT2D eigenvalue weighted by molar-refractivity contribution is -0.134. The lowest BCUT2D eigenvalue weighted by Gasteiger charge is -2.31. The van der Waals surface area contributed by atoms with E-state index in [0.717, 1.165) is 32.3 Å². The van der Waals surface area contributed by atoms with Crippen molar-refractivity contribution < 1.29 is 19.0 Å². The molecule has 0 unspecified atom stereocenters. The molecule has 5 nitrogen and oxygen atoms in total. The van der Waals surface area contributed by atoms with Crippen LogP contribution in [0.4, 0.5) is 0 Å². The minimum atomic E-state index is -0.616. The summed E-state index contributed by atoms with van der Waals surface area (Å²) in [6.45, 7) is 4.75. The Bertz CT molecular complexity index is 542. The molecule has 2 aliphatic heterocycles. The Morgan fingerprint density at radius 1 is 1.30 bits per heavy atom. The largest absolute Gasteiger partial charge is 0.482 e. The molecule has 1 aromatic carbocycles. The standard InChI is InChI=1S/C18H25NO4/c1-12(9-10-14-6-5-11-21-14)19-18(20)17-13(2)22-15-7-3-4-8-16(15)23-17/h3-4,7-8,12-14,17H,5-6,9-11H2,1-2H3,(H,19,20)/t12-,13-,14+,17+/m1/s1. The fraction of sp³-hybridized carbons (Fsp3) is 0.611. The summed E-state index contributed by atoms with van der Waals surface area (Å²) in [5.74, 6) is 1.19. The van der Waals surface area contributed by atoms with Crippen LogP contribution in [0.15, 0.2) is 24.3 Å². The number of amides is 1. The molecular formula is C18H25NO4. The molecule has 1 saturated heterocycles. The molecule has 5 heteroatoms. The Labute approximate surface area is 137 Å². The van der Waals surface area contributed by atoms with Crippen LogP contribution < -0.4 is 14.8 Å². The Kier molecular flexibility index (Phi) is 5.06. The molecule has 0 aromatic heterocycles. The molecule has 1 amide bonds. The van der Waals surface area contributed by atoms with Gasteiger partial charge in [0.25, 0.3) is 5.91 Å². The quantitative estimate of drug-likeness (QED) is 0.906. The van der Waals surface area contributed by atoms with Gasteiger partial charge in [-0.25, -0.2) is 0 Å². The van der Waals surface area contributed by atoms with Crippen LogP contribution in [-0.4, -0.2) is 36.9 Å². The van der Waals surface area contributed by atoms with E-state index in [4.69, 9.17) is 14.2 Å². The van der Waals surface area contributed by atoms with Crippen molar-refractivity contribution in [2.75, 3.05) is 6.61 Å². The first-order valence-electron chi connectivity index (χ1n) is 8.48. The Balaban J connectivity index is 1.51. The summed E-state index contributed by atoms with van der Waals surface area (Å²) >= 11 is 0. The van der Waals surface area contributed by atoms with Crippen LogP contribution in [0.2, 0.25) is 0 Å². The van der Waals surface area contributed by atoms with Crippen LogP contribution in [0.5, 0.6) is 11.5 Å². The predicted molar refractivity (Wildman–Crippen MR) is 86.8 cm³/mol. The van der Waals surface area contributed by atoms with Gasteiger partial charge < -0.3 is 19.5 Å². The number of ether oxygens (including phenoxy) is 3. The molecule has 1 aromatic rings. The summed E-state index contributed by atoms with van der Waals surface area (Å²) in [5, 5.41) is 3.04. The number of carbonyl (C=O) groups excluding carboxylic acids is 1. The number of nitrogens with one attached hydrogen (secondary N) is 1. The van der Waals surface area contributed by atoms with Crippen LogP contribution in [0, 0.1) is 0 Å². The fourth-order valence-electron chi connectivity index (χ4n) is 3.11. The number of carbonyl (C=O) groups is 1. The molecule has 0 radical (unpaired) electrons. The van der Waals surface area contributed by atoms with Gasteiger partial charge in [-0.05, 0) is 51.7 Å². The van der Waals surface area contributed by atoms with Crippen molar-refractivity contribution in [1.82, 2.24) is 5.32 Å². The van der Waals surface area contributed by atoms with Crippen LogP contribution in [0.3, 0.4) is 0 Å². The second kappa shape index (κ2) is 7.21. The van der Waals surface area contributed by atoms with E-state index in [-0.39, 0.29) is 18.1 Å². The highest BCUT2D eigenvalue weighted by atomic mass is 16.6. The van der Waals surface area contributed by atoms with Gasteiger partial charge in [0.1, 0.15) is 6.10 Å². The smallest absolute Gasteiger partial charge is 0.265 e. The lowest BCUT2D eigenvalue weighted by Crippen LogP contribution is -2.51. The van der Waals surface area contributed by atoms with E-state index in [1.165, 1.54) is 0 Å². The maximum atomic E-state index is 12.5. The van der Waals surface area contributed by atoms with E-state index in [9.17, 15) is 4.79 Å². The predicted octanol–water partition coefficient (Wildman–Crippen LogP) is 2.68. The number of para-hydroxylation sites is 2. The monoisotopic (exact) mass is 319 g/mol. The lowest BCUT2D eigenvalue weighted by atomic mass is 10.1. The first kappa shape index (κ1) is 16.1. The number of fused-ring (bicyclic) bond motifs is 1. The van der Waals surface area contributed by atoms with Crippen molar-refractivity contribution in [3.8, 4) is 11.5 Å². The van der Waals surface area contributed by atoms with Crippen molar-refractivity contribution in [3.63, 3.8) is 0 Å². The molecule has 2 heterocycles. The Morgan fingerprint density at radius 2 is 2.04 bits per heavy atom. The molecule has 1 N–H and O–H groups in total. The third kappa shape index (κ3) is 3.96. The van der Waals surface area contributed by atoms with Crippen molar-refractivity contribution in [1.29, 1.82) is 0 Å². The zero-order valence-corrected chi connectivity index (χ0v) is 13.8. The van der Waals surface area contributed by atoms with E-state index in [2.05, 4.69) is 5.32 Å². The maximum absolute atomic E-state index is 12.5. The molecule has 1 fully saturated rings. The molecule has 2 aliphatic rings. The highest BCUT2D eigenvalue weighted by Crippen LogP contribution is 2.33. The van der Waals surface area contributed by atoms with Gasteiger partial charge in [-0.3, -0.25) is 4.79 Å². The average Bonchev–Trinajstić information content (AvgIpc) is 3.05.